The summed E-state index contributed by atoms with van der Waals surface area (Å²) in [5, 5.41) is 0. The van der Waals surface area contributed by atoms with Crippen LogP contribution in [0.5, 0.6) is 11.5 Å². The summed E-state index contributed by atoms with van der Waals surface area (Å²) >= 11 is 0. The van der Waals surface area contributed by atoms with Gasteiger partial charge in [-0.2, -0.15) is 22.0 Å². The number of fused-ring (bicyclic) bond motifs is 3. The number of rotatable bonds is 8. The van der Waals surface area contributed by atoms with Crippen molar-refractivity contribution in [2.24, 2.45) is 5.92 Å². The van der Waals surface area contributed by atoms with Crippen LogP contribution in [0.2, 0.25) is 0 Å². The topological polar surface area (TPSA) is 38.8 Å². The molecule has 210 valence electrons. The van der Waals surface area contributed by atoms with Gasteiger partial charge in [0.05, 0.1) is 20.3 Å². The smallest absolute Gasteiger partial charge is 0.401 e. The van der Waals surface area contributed by atoms with Gasteiger partial charge in [0.2, 0.25) is 0 Å². The average molecular weight is 558 g/mol. The van der Waals surface area contributed by atoms with Crippen molar-refractivity contribution in [1.29, 1.82) is 0 Å². The molecule has 2 aliphatic rings. The molecule has 0 unspecified atom stereocenters. The van der Waals surface area contributed by atoms with Crippen LogP contribution in [-0.2, 0) is 5.41 Å². The van der Waals surface area contributed by atoms with Gasteiger partial charge >= 0.3 is 6.18 Å². The van der Waals surface area contributed by atoms with E-state index in [0.717, 1.165) is 4.90 Å². The molecule has 0 aromatic heterocycles. The highest BCUT2D eigenvalue weighted by Gasteiger charge is 2.84. The second kappa shape index (κ2) is 9.94. The molecule has 3 atom stereocenters. The third-order valence-electron chi connectivity index (χ3n) is 7.80. The Balaban J connectivity index is 1.73. The molecule has 1 aliphatic carbocycles. The Hall–Kier alpha value is -3.88. The van der Waals surface area contributed by atoms with E-state index in [9.17, 15) is 13.6 Å². The first kappa shape index (κ1) is 27.7. The molecule has 0 bridgehead atoms. The molecule has 0 amide bonds. The molecule has 1 fully saturated rings. The first-order valence-corrected chi connectivity index (χ1v) is 12.8. The number of alkyl halides is 3. The van der Waals surface area contributed by atoms with Crippen molar-refractivity contribution in [2.75, 3.05) is 19.1 Å². The summed E-state index contributed by atoms with van der Waals surface area (Å²) in [5.74, 6) is -0.567. The number of nitrogens with zero attached hydrogens (tertiary/aromatic N) is 1. The van der Waals surface area contributed by atoms with Gasteiger partial charge in [0.15, 0.2) is 5.78 Å². The lowest BCUT2D eigenvalue weighted by molar-refractivity contribution is -0.163. The number of hydrogen-bond donors (Lipinski definition) is 0. The predicted octanol–water partition coefficient (Wildman–Crippen LogP) is 7.98. The Bertz CT molecular complexity index is 1460. The van der Waals surface area contributed by atoms with Crippen LogP contribution in [0.15, 0.2) is 72.8 Å². The normalized spacial score (nSPS) is 21.1. The van der Waals surface area contributed by atoms with Gasteiger partial charge in [-0.25, -0.2) is 0 Å². The molecular weight excluding hydrogens is 529 g/mol. The van der Waals surface area contributed by atoms with Crippen LogP contribution in [-0.4, -0.2) is 32.2 Å². The monoisotopic (exact) mass is 557 g/mol. The van der Waals surface area contributed by atoms with Gasteiger partial charge in [-0.3, -0.25) is 4.79 Å². The lowest BCUT2D eigenvalue weighted by Gasteiger charge is -2.33. The van der Waals surface area contributed by atoms with Crippen molar-refractivity contribution in [2.45, 2.75) is 43.8 Å². The highest BCUT2D eigenvalue weighted by atomic mass is 19.4. The summed E-state index contributed by atoms with van der Waals surface area (Å²) in [6.45, 7) is 3.75. The Morgan fingerprint density at radius 1 is 0.900 bits per heavy atom. The summed E-state index contributed by atoms with van der Waals surface area (Å²) in [5.41, 5.74) is -2.38. The summed E-state index contributed by atoms with van der Waals surface area (Å²) in [4.78, 5) is 14.0. The fourth-order valence-electron chi connectivity index (χ4n) is 6.05. The molecule has 3 aromatic carbocycles. The van der Waals surface area contributed by atoms with E-state index in [1.807, 2.05) is 13.8 Å². The van der Waals surface area contributed by atoms with Crippen LogP contribution in [0.1, 0.15) is 53.2 Å². The van der Waals surface area contributed by atoms with Crippen LogP contribution in [0, 0.1) is 5.92 Å². The van der Waals surface area contributed by atoms with Crippen molar-refractivity contribution in [1.82, 2.24) is 0 Å². The van der Waals surface area contributed by atoms with Gasteiger partial charge in [0, 0.05) is 29.2 Å². The van der Waals surface area contributed by atoms with E-state index in [2.05, 4.69) is 0 Å². The highest BCUT2D eigenvalue weighted by Crippen LogP contribution is 2.75. The summed E-state index contributed by atoms with van der Waals surface area (Å²) in [6, 6.07) is 14.3. The van der Waals surface area contributed by atoms with E-state index in [1.54, 1.807) is 0 Å². The lowest BCUT2D eigenvalue weighted by atomic mass is 9.86. The minimum absolute atomic E-state index is 0.0460. The Morgan fingerprint density at radius 3 is 1.95 bits per heavy atom. The molecule has 9 heteroatoms. The Morgan fingerprint density at radius 2 is 1.45 bits per heavy atom. The number of anilines is 1. The van der Waals surface area contributed by atoms with Gasteiger partial charge in [-0.05, 0) is 71.6 Å². The van der Waals surface area contributed by atoms with Crippen molar-refractivity contribution < 1.29 is 36.2 Å². The van der Waals surface area contributed by atoms with Gasteiger partial charge in [-0.15, -0.1) is 0 Å². The first-order chi connectivity index (χ1) is 18.9. The molecule has 0 N–H and O–H groups in total. The molecule has 5 rings (SSSR count). The average Bonchev–Trinajstić information content (AvgIpc) is 3.52. The van der Waals surface area contributed by atoms with Crippen LogP contribution in [0.3, 0.4) is 0 Å². The highest BCUT2D eigenvalue weighted by molar-refractivity contribution is 5.98. The maximum atomic E-state index is 15.2. The zero-order valence-electron chi connectivity index (χ0n) is 22.4. The number of carbonyl (C=O) groups excluding carboxylic acids is 1. The minimum Gasteiger partial charge on any atom is -0.497 e. The fraction of sp³-hybridized carbons (Fsp3) is 0.323. The lowest BCUT2D eigenvalue weighted by Crippen LogP contribution is -2.40. The van der Waals surface area contributed by atoms with Crippen molar-refractivity contribution in [3.05, 3.63) is 95.1 Å². The number of ketones is 1. The molecule has 0 radical (unpaired) electrons. The number of ether oxygens (including phenoxy) is 2. The molecular formula is C31H28F5NO3. The Kier molecular flexibility index (Phi) is 6.88. The largest absolute Gasteiger partial charge is 0.497 e. The standard InChI is InChI=1S/C31H28F5NO3/c1-17(2)15-25(38)19-7-14-24-23(16-19)26-28(30(26,31(34,35)36)20-8-12-22(40-4)13-9-20)37(24)27(29(32)33)18-5-10-21(39-3)11-6-18/h5-14,16-17,26,28H,15H2,1-4H3/t26-,28+,30+/m0/s1. The maximum absolute atomic E-state index is 15.2. The summed E-state index contributed by atoms with van der Waals surface area (Å²) in [6.07, 6.45) is -6.69. The third kappa shape index (κ3) is 4.22. The Labute approximate surface area is 229 Å². The van der Waals surface area contributed by atoms with Gasteiger partial charge in [-0.1, -0.05) is 26.0 Å². The van der Waals surface area contributed by atoms with Crippen LogP contribution in [0.4, 0.5) is 27.6 Å². The zero-order chi connectivity index (χ0) is 29.0. The van der Waals surface area contributed by atoms with E-state index in [-0.39, 0.29) is 46.1 Å². The van der Waals surface area contributed by atoms with Crippen LogP contribution >= 0.6 is 0 Å². The van der Waals surface area contributed by atoms with Gasteiger partial charge in [0.1, 0.15) is 22.6 Å². The number of Topliss-reactive ketones (excluding diaryl/α,β-unsaturated/α-hetero) is 1. The van der Waals surface area contributed by atoms with Crippen molar-refractivity contribution >= 4 is 17.2 Å². The number of benzene rings is 3. The number of halogens is 5. The van der Waals surface area contributed by atoms with E-state index in [1.165, 1.54) is 80.9 Å². The third-order valence-corrected chi connectivity index (χ3v) is 7.80. The molecule has 40 heavy (non-hydrogen) atoms. The van der Waals surface area contributed by atoms with E-state index < -0.39 is 35.3 Å². The minimum atomic E-state index is -4.79. The maximum Gasteiger partial charge on any atom is 0.401 e. The fourth-order valence-corrected chi connectivity index (χ4v) is 6.05. The SMILES string of the molecule is COc1ccc(C(=C(F)F)N2c3ccc(C(=O)CC(C)C)cc3[C@H]3[C@@H]2[C@]3(c2ccc(OC)cc2)C(F)(F)F)cc1. The number of carbonyl (C=O) groups is 1. The molecule has 0 saturated heterocycles. The van der Waals surface area contributed by atoms with Crippen molar-refractivity contribution in [3.63, 3.8) is 0 Å². The van der Waals surface area contributed by atoms with Gasteiger partial charge in [0.25, 0.3) is 6.08 Å². The quantitative estimate of drug-likeness (QED) is 0.208. The second-order valence-electron chi connectivity index (χ2n) is 10.5. The number of hydrogen-bond acceptors (Lipinski definition) is 4. The van der Waals surface area contributed by atoms with E-state index in [4.69, 9.17) is 9.47 Å². The van der Waals surface area contributed by atoms with E-state index in [0.29, 0.717) is 11.5 Å². The predicted molar refractivity (Wildman–Crippen MR) is 142 cm³/mol. The van der Waals surface area contributed by atoms with E-state index >= 15 is 13.2 Å². The van der Waals surface area contributed by atoms with Gasteiger partial charge < -0.3 is 14.4 Å². The molecule has 1 aliphatic heterocycles. The van der Waals surface area contributed by atoms with Crippen molar-refractivity contribution in [3.8, 4) is 11.5 Å². The van der Waals surface area contributed by atoms with Crippen LogP contribution in [0.25, 0.3) is 5.70 Å². The number of methoxy groups -OCH3 is 2. The van der Waals surface area contributed by atoms with Crippen LogP contribution < -0.4 is 14.4 Å². The molecule has 3 aromatic rings. The molecule has 1 saturated carbocycles. The zero-order valence-corrected chi connectivity index (χ0v) is 22.4. The summed E-state index contributed by atoms with van der Waals surface area (Å²) in [7, 11) is 2.84. The molecule has 0 spiro atoms. The molecule has 1 heterocycles. The summed E-state index contributed by atoms with van der Waals surface area (Å²) < 4.78 is 85.4. The first-order valence-electron chi connectivity index (χ1n) is 12.8. The second-order valence-corrected chi connectivity index (χ2v) is 10.5. The molecule has 4 nitrogen and oxygen atoms in total.